The molecule has 0 spiro atoms. The Kier molecular flexibility index (Phi) is 5.19. The molecule has 1 saturated heterocycles. The number of hydrogen-bond acceptors (Lipinski definition) is 5. The first-order valence-electron chi connectivity index (χ1n) is 9.65. The lowest BCUT2D eigenvalue weighted by atomic mass is 9.96. The van der Waals surface area contributed by atoms with E-state index >= 15 is 0 Å². The second-order valence-corrected chi connectivity index (χ2v) is 6.88. The van der Waals surface area contributed by atoms with Gasteiger partial charge in [-0.25, -0.2) is 4.98 Å². The lowest BCUT2D eigenvalue weighted by Crippen LogP contribution is -2.38. The Balaban J connectivity index is 1.44. The molecule has 146 valence electrons. The van der Waals surface area contributed by atoms with Crippen LogP contribution in [0.1, 0.15) is 41.9 Å². The van der Waals surface area contributed by atoms with Gasteiger partial charge in [0.05, 0.1) is 13.7 Å². The summed E-state index contributed by atoms with van der Waals surface area (Å²) in [4.78, 5) is 19.4. The van der Waals surface area contributed by atoms with E-state index in [0.717, 1.165) is 29.8 Å². The summed E-state index contributed by atoms with van der Waals surface area (Å²) >= 11 is 0. The molecule has 0 atom stereocenters. The number of para-hydroxylation sites is 2. The van der Waals surface area contributed by atoms with Gasteiger partial charge in [0.2, 0.25) is 0 Å². The average Bonchev–Trinajstić information content (AvgIpc) is 3.18. The Morgan fingerprint density at radius 3 is 2.68 bits per heavy atom. The lowest BCUT2D eigenvalue weighted by molar-refractivity contribution is 0.0706. The van der Waals surface area contributed by atoms with Crippen molar-refractivity contribution in [3.8, 4) is 11.5 Å². The average molecular weight is 380 g/mol. The van der Waals surface area contributed by atoms with E-state index in [1.54, 1.807) is 25.3 Å². The second-order valence-electron chi connectivity index (χ2n) is 6.88. The topological polar surface area (TPSA) is 64.8 Å². The third kappa shape index (κ3) is 3.54. The first-order chi connectivity index (χ1) is 13.7. The number of amides is 1. The van der Waals surface area contributed by atoms with E-state index in [-0.39, 0.29) is 11.8 Å². The Bertz CT molecular complexity index is 941. The smallest absolute Gasteiger partial charge is 0.253 e. The molecular formula is C22H24N2O4. The fourth-order valence-electron chi connectivity index (χ4n) is 3.65. The van der Waals surface area contributed by atoms with Gasteiger partial charge < -0.3 is 18.8 Å². The Morgan fingerprint density at radius 2 is 1.96 bits per heavy atom. The zero-order valence-corrected chi connectivity index (χ0v) is 16.2. The van der Waals surface area contributed by atoms with Crippen LogP contribution in [0.5, 0.6) is 11.5 Å². The second kappa shape index (κ2) is 7.92. The molecule has 6 nitrogen and oxygen atoms in total. The predicted octanol–water partition coefficient (Wildman–Crippen LogP) is 4.25. The molecule has 0 unspecified atom stereocenters. The van der Waals surface area contributed by atoms with E-state index in [9.17, 15) is 4.79 Å². The van der Waals surface area contributed by atoms with E-state index in [0.29, 0.717) is 36.8 Å². The molecule has 0 N–H and O–H groups in total. The fraction of sp³-hybridized carbons (Fsp3) is 0.364. The first kappa shape index (κ1) is 18.3. The van der Waals surface area contributed by atoms with Crippen molar-refractivity contribution in [3.63, 3.8) is 0 Å². The summed E-state index contributed by atoms with van der Waals surface area (Å²) in [6.07, 6.45) is 1.68. The van der Waals surface area contributed by atoms with Gasteiger partial charge in [-0.3, -0.25) is 4.79 Å². The van der Waals surface area contributed by atoms with Crippen LogP contribution >= 0.6 is 0 Å². The van der Waals surface area contributed by atoms with Crippen LogP contribution in [0.3, 0.4) is 0 Å². The number of likely N-dealkylation sites (tertiary alicyclic amines) is 1. The molecule has 1 aliphatic rings. The molecular weight excluding hydrogens is 356 g/mol. The van der Waals surface area contributed by atoms with Crippen LogP contribution < -0.4 is 9.47 Å². The number of fused-ring (bicyclic) bond motifs is 1. The minimum absolute atomic E-state index is 0.0135. The summed E-state index contributed by atoms with van der Waals surface area (Å²) in [6.45, 7) is 3.78. The Hall–Kier alpha value is -3.02. The number of piperidine rings is 1. The molecule has 1 amide bonds. The normalized spacial score (nSPS) is 15.0. The highest BCUT2D eigenvalue weighted by Crippen LogP contribution is 2.32. The molecule has 4 rings (SSSR count). The largest absolute Gasteiger partial charge is 0.493 e. The van der Waals surface area contributed by atoms with E-state index in [1.165, 1.54) is 0 Å². The fourth-order valence-corrected chi connectivity index (χ4v) is 3.65. The number of rotatable bonds is 5. The third-order valence-corrected chi connectivity index (χ3v) is 5.15. The maximum atomic E-state index is 12.9. The number of benzene rings is 2. The third-order valence-electron chi connectivity index (χ3n) is 5.15. The van der Waals surface area contributed by atoms with Crippen LogP contribution in [0.15, 0.2) is 46.9 Å². The zero-order valence-electron chi connectivity index (χ0n) is 16.2. The summed E-state index contributed by atoms with van der Waals surface area (Å²) < 4.78 is 16.8. The standard InChI is InChI=1S/C22H24N2O4/c1-3-27-20-14-16(8-9-19(20)26-2)22(25)24-12-10-15(11-13-24)21-23-17-6-4-5-7-18(17)28-21/h4-9,14-15H,3,10-13H2,1-2H3. The van der Waals surface area contributed by atoms with Crippen molar-refractivity contribution in [1.29, 1.82) is 0 Å². The number of methoxy groups -OCH3 is 1. The molecule has 0 saturated carbocycles. The van der Waals surface area contributed by atoms with Crippen LogP contribution in [0.2, 0.25) is 0 Å². The molecule has 0 bridgehead atoms. The lowest BCUT2D eigenvalue weighted by Gasteiger charge is -2.30. The van der Waals surface area contributed by atoms with Crippen LogP contribution in [0.25, 0.3) is 11.1 Å². The van der Waals surface area contributed by atoms with Crippen molar-refractivity contribution in [3.05, 3.63) is 53.9 Å². The van der Waals surface area contributed by atoms with Crippen molar-refractivity contribution in [2.75, 3.05) is 26.8 Å². The molecule has 1 aromatic heterocycles. The van der Waals surface area contributed by atoms with Gasteiger partial charge in [0.15, 0.2) is 23.0 Å². The highest BCUT2D eigenvalue weighted by Gasteiger charge is 2.28. The monoisotopic (exact) mass is 380 g/mol. The number of carbonyl (C=O) groups excluding carboxylic acids is 1. The maximum absolute atomic E-state index is 12.9. The number of carbonyl (C=O) groups is 1. The van der Waals surface area contributed by atoms with Crippen molar-refractivity contribution >= 4 is 17.0 Å². The van der Waals surface area contributed by atoms with Crippen molar-refractivity contribution in [1.82, 2.24) is 9.88 Å². The number of hydrogen-bond donors (Lipinski definition) is 0. The molecule has 2 heterocycles. The summed E-state index contributed by atoms with van der Waals surface area (Å²) in [6, 6.07) is 13.1. The summed E-state index contributed by atoms with van der Waals surface area (Å²) in [5.41, 5.74) is 2.32. The van der Waals surface area contributed by atoms with Gasteiger partial charge in [-0.2, -0.15) is 0 Å². The minimum Gasteiger partial charge on any atom is -0.493 e. The summed E-state index contributed by atoms with van der Waals surface area (Å²) in [5.74, 6) is 2.26. The van der Waals surface area contributed by atoms with Crippen LogP contribution in [-0.2, 0) is 0 Å². The number of oxazole rings is 1. The molecule has 1 aliphatic heterocycles. The van der Waals surface area contributed by atoms with Crippen LogP contribution in [0.4, 0.5) is 0 Å². The molecule has 0 aliphatic carbocycles. The number of nitrogens with zero attached hydrogens (tertiary/aromatic N) is 2. The van der Waals surface area contributed by atoms with Crippen molar-refractivity contribution < 1.29 is 18.7 Å². The van der Waals surface area contributed by atoms with Gasteiger partial charge in [-0.05, 0) is 50.1 Å². The van der Waals surface area contributed by atoms with Crippen molar-refractivity contribution in [2.24, 2.45) is 0 Å². The van der Waals surface area contributed by atoms with Crippen LogP contribution in [0, 0.1) is 0 Å². The van der Waals surface area contributed by atoms with Gasteiger partial charge in [-0.1, -0.05) is 12.1 Å². The molecule has 1 fully saturated rings. The quantitative estimate of drug-likeness (QED) is 0.662. The molecule has 3 aromatic rings. The van der Waals surface area contributed by atoms with Gasteiger partial charge in [-0.15, -0.1) is 0 Å². The minimum atomic E-state index is 0.0135. The van der Waals surface area contributed by atoms with E-state index in [4.69, 9.17) is 13.9 Å². The molecule has 6 heteroatoms. The molecule has 28 heavy (non-hydrogen) atoms. The van der Waals surface area contributed by atoms with E-state index in [1.807, 2.05) is 36.1 Å². The molecule has 2 aromatic carbocycles. The van der Waals surface area contributed by atoms with Gasteiger partial charge in [0, 0.05) is 24.6 Å². The summed E-state index contributed by atoms with van der Waals surface area (Å²) in [7, 11) is 1.59. The molecule has 0 radical (unpaired) electrons. The highest BCUT2D eigenvalue weighted by atomic mass is 16.5. The maximum Gasteiger partial charge on any atom is 0.253 e. The summed E-state index contributed by atoms with van der Waals surface area (Å²) in [5, 5.41) is 0. The van der Waals surface area contributed by atoms with E-state index < -0.39 is 0 Å². The van der Waals surface area contributed by atoms with Gasteiger partial charge >= 0.3 is 0 Å². The van der Waals surface area contributed by atoms with Crippen LogP contribution in [-0.4, -0.2) is 42.6 Å². The first-order valence-corrected chi connectivity index (χ1v) is 9.65. The number of aromatic nitrogens is 1. The SMILES string of the molecule is CCOc1cc(C(=O)N2CCC(c3nc4ccccc4o3)CC2)ccc1OC. The number of ether oxygens (including phenoxy) is 2. The Morgan fingerprint density at radius 1 is 1.18 bits per heavy atom. The highest BCUT2D eigenvalue weighted by molar-refractivity contribution is 5.95. The van der Waals surface area contributed by atoms with Gasteiger partial charge in [0.25, 0.3) is 5.91 Å². The van der Waals surface area contributed by atoms with Gasteiger partial charge in [0.1, 0.15) is 5.52 Å². The zero-order chi connectivity index (χ0) is 19.5. The Labute approximate surface area is 164 Å². The van der Waals surface area contributed by atoms with E-state index in [2.05, 4.69) is 4.98 Å². The predicted molar refractivity (Wildman–Crippen MR) is 106 cm³/mol. The van der Waals surface area contributed by atoms with Crippen molar-refractivity contribution in [2.45, 2.75) is 25.7 Å².